The van der Waals surface area contributed by atoms with Crippen molar-refractivity contribution in [1.29, 1.82) is 5.26 Å². The van der Waals surface area contributed by atoms with Gasteiger partial charge in [0.15, 0.2) is 5.92 Å². The van der Waals surface area contributed by atoms with Gasteiger partial charge in [0.1, 0.15) is 0 Å². The number of nitrogens with zero attached hydrogens (tertiary/aromatic N) is 1. The number of carbonyl (C=O) groups excluding carboxylic acids is 1. The highest BCUT2D eigenvalue weighted by Gasteiger charge is 2.40. The fourth-order valence-electron chi connectivity index (χ4n) is 1.10. The third-order valence-electron chi connectivity index (χ3n) is 2.07. The maximum Gasteiger partial charge on any atom is 0.405 e. The summed E-state index contributed by atoms with van der Waals surface area (Å²) in [5.74, 6) is -2.51. The summed E-state index contributed by atoms with van der Waals surface area (Å²) in [5, 5.41) is 13.4. The van der Waals surface area contributed by atoms with Crippen LogP contribution in [0.25, 0.3) is 0 Å². The van der Waals surface area contributed by atoms with Crippen molar-refractivity contribution in [1.82, 2.24) is 10.6 Å². The molecule has 4 nitrogen and oxygen atoms in total. The summed E-state index contributed by atoms with van der Waals surface area (Å²) < 4.78 is 36.8. The van der Waals surface area contributed by atoms with Crippen molar-refractivity contribution < 1.29 is 18.0 Å². The smallest absolute Gasteiger partial charge is 0.350 e. The Bertz CT molecular complexity index is 328. The van der Waals surface area contributed by atoms with Crippen LogP contribution in [0.5, 0.6) is 0 Å². The Kier molecular flexibility index (Phi) is 5.61. The number of nitriles is 1. The van der Waals surface area contributed by atoms with Crippen LogP contribution in [0.15, 0.2) is 0 Å². The maximum absolute atomic E-state index is 12.3. The van der Waals surface area contributed by atoms with Crippen molar-refractivity contribution in [3.63, 3.8) is 0 Å². The van der Waals surface area contributed by atoms with Crippen LogP contribution in [0.4, 0.5) is 13.2 Å². The van der Waals surface area contributed by atoms with Gasteiger partial charge in [0, 0.05) is 12.1 Å². The molecule has 0 rings (SSSR count). The third-order valence-corrected chi connectivity index (χ3v) is 2.07. The fourth-order valence-corrected chi connectivity index (χ4v) is 1.10. The van der Waals surface area contributed by atoms with E-state index in [1.807, 2.05) is 0 Å². The molecule has 0 radical (unpaired) electrons. The summed E-state index contributed by atoms with van der Waals surface area (Å²) in [6, 6.07) is 0.376. The predicted octanol–water partition coefficient (Wildman–Crippen LogP) is 1.58. The van der Waals surface area contributed by atoms with E-state index in [1.165, 1.54) is 13.0 Å². The lowest BCUT2D eigenvalue weighted by molar-refractivity contribution is -0.158. The summed E-state index contributed by atoms with van der Waals surface area (Å²) in [5.41, 5.74) is -0.453. The summed E-state index contributed by atoms with van der Waals surface area (Å²) in [4.78, 5) is 11.6. The summed E-state index contributed by atoms with van der Waals surface area (Å²) >= 11 is 0. The number of carbonyl (C=O) groups is 1. The Morgan fingerprint density at radius 2 is 1.83 bits per heavy atom. The molecular weight excluding hydrogens is 247 g/mol. The van der Waals surface area contributed by atoms with E-state index >= 15 is 0 Å². The van der Waals surface area contributed by atoms with E-state index in [0.717, 1.165) is 0 Å². The summed E-state index contributed by atoms with van der Waals surface area (Å²) in [6.07, 6.45) is -4.58. The summed E-state index contributed by atoms with van der Waals surface area (Å²) in [7, 11) is 0. The Morgan fingerprint density at radius 3 is 2.17 bits per heavy atom. The van der Waals surface area contributed by atoms with Gasteiger partial charge in [0.25, 0.3) is 0 Å². The van der Waals surface area contributed by atoms with Gasteiger partial charge in [-0.25, -0.2) is 0 Å². The Hall–Kier alpha value is -1.29. The lowest BCUT2D eigenvalue weighted by Gasteiger charge is -2.24. The zero-order chi connectivity index (χ0) is 14.6. The van der Waals surface area contributed by atoms with E-state index in [1.54, 1.807) is 20.8 Å². The largest absolute Gasteiger partial charge is 0.405 e. The van der Waals surface area contributed by atoms with E-state index < -0.39 is 36.1 Å². The molecular formula is C11H18F3N3O. The molecule has 0 bridgehead atoms. The molecule has 0 aromatic heterocycles. The van der Waals surface area contributed by atoms with Gasteiger partial charge < -0.3 is 10.6 Å². The van der Waals surface area contributed by atoms with Gasteiger partial charge in [-0.15, -0.1) is 0 Å². The lowest BCUT2D eigenvalue weighted by atomic mass is 10.1. The van der Waals surface area contributed by atoms with Crippen molar-refractivity contribution in [2.24, 2.45) is 5.92 Å². The van der Waals surface area contributed by atoms with Crippen molar-refractivity contribution in [2.45, 2.75) is 45.5 Å². The molecule has 2 N–H and O–H groups in total. The van der Waals surface area contributed by atoms with Gasteiger partial charge in [0.2, 0.25) is 5.91 Å². The first-order valence-corrected chi connectivity index (χ1v) is 5.49. The minimum Gasteiger partial charge on any atom is -0.350 e. The van der Waals surface area contributed by atoms with Gasteiger partial charge in [-0.1, -0.05) is 0 Å². The second-order valence-corrected chi connectivity index (χ2v) is 5.09. The van der Waals surface area contributed by atoms with E-state index in [4.69, 9.17) is 5.26 Å². The minimum absolute atomic E-state index is 0.402. The van der Waals surface area contributed by atoms with Crippen LogP contribution in [-0.4, -0.2) is 30.2 Å². The van der Waals surface area contributed by atoms with Crippen LogP contribution < -0.4 is 10.6 Å². The van der Waals surface area contributed by atoms with Gasteiger partial charge in [-0.3, -0.25) is 4.79 Å². The maximum atomic E-state index is 12.3. The molecule has 0 saturated heterocycles. The van der Waals surface area contributed by atoms with E-state index in [2.05, 4.69) is 10.6 Å². The first-order valence-electron chi connectivity index (χ1n) is 5.49. The highest BCUT2D eigenvalue weighted by Crippen LogP contribution is 2.24. The van der Waals surface area contributed by atoms with Crippen LogP contribution >= 0.6 is 0 Å². The molecule has 1 amide bonds. The van der Waals surface area contributed by atoms with E-state index in [0.29, 0.717) is 0 Å². The topological polar surface area (TPSA) is 64.9 Å². The molecule has 0 fully saturated rings. The zero-order valence-corrected chi connectivity index (χ0v) is 10.9. The monoisotopic (exact) mass is 265 g/mol. The summed E-state index contributed by atoms with van der Waals surface area (Å²) in [6.45, 7) is 6.16. The molecule has 0 aromatic carbocycles. The van der Waals surface area contributed by atoms with Crippen LogP contribution in [0.3, 0.4) is 0 Å². The third kappa shape index (κ3) is 6.45. The molecule has 2 atom stereocenters. The van der Waals surface area contributed by atoms with Crippen molar-refractivity contribution in [3.8, 4) is 6.07 Å². The predicted molar refractivity (Wildman–Crippen MR) is 60.5 cm³/mol. The SMILES string of the molecule is CC(NCC(C#N)C(F)(F)F)C(=O)NC(C)(C)C. The quantitative estimate of drug-likeness (QED) is 0.811. The van der Waals surface area contributed by atoms with Crippen LogP contribution in [-0.2, 0) is 4.79 Å². The molecule has 0 spiro atoms. The number of nitrogens with one attached hydrogen (secondary N) is 2. The zero-order valence-electron chi connectivity index (χ0n) is 10.9. The van der Waals surface area contributed by atoms with Gasteiger partial charge in [-0.2, -0.15) is 18.4 Å². The number of rotatable bonds is 4. The Morgan fingerprint density at radius 1 is 1.33 bits per heavy atom. The molecule has 0 saturated carbocycles. The highest BCUT2D eigenvalue weighted by atomic mass is 19.4. The van der Waals surface area contributed by atoms with Crippen molar-refractivity contribution >= 4 is 5.91 Å². The number of hydrogen-bond donors (Lipinski definition) is 2. The van der Waals surface area contributed by atoms with Crippen LogP contribution in [0, 0.1) is 17.2 Å². The number of hydrogen-bond acceptors (Lipinski definition) is 3. The second-order valence-electron chi connectivity index (χ2n) is 5.09. The van der Waals surface area contributed by atoms with Crippen molar-refractivity contribution in [3.05, 3.63) is 0 Å². The molecule has 2 unspecified atom stereocenters. The molecule has 0 aliphatic rings. The highest BCUT2D eigenvalue weighted by molar-refractivity contribution is 5.81. The van der Waals surface area contributed by atoms with Gasteiger partial charge in [-0.05, 0) is 27.7 Å². The molecule has 7 heteroatoms. The Balaban J connectivity index is 4.30. The normalized spacial score (nSPS) is 15.7. The number of alkyl halides is 3. The number of halogens is 3. The van der Waals surface area contributed by atoms with E-state index in [-0.39, 0.29) is 0 Å². The van der Waals surface area contributed by atoms with Gasteiger partial charge in [0.05, 0.1) is 12.1 Å². The van der Waals surface area contributed by atoms with Crippen molar-refractivity contribution in [2.75, 3.05) is 6.54 Å². The Labute approximate surface area is 105 Å². The molecule has 0 aromatic rings. The van der Waals surface area contributed by atoms with Gasteiger partial charge >= 0.3 is 6.18 Å². The second kappa shape index (κ2) is 6.05. The molecule has 18 heavy (non-hydrogen) atoms. The number of amides is 1. The van der Waals surface area contributed by atoms with E-state index in [9.17, 15) is 18.0 Å². The molecule has 0 aliphatic carbocycles. The van der Waals surface area contributed by atoms with Crippen LogP contribution in [0.2, 0.25) is 0 Å². The lowest BCUT2D eigenvalue weighted by Crippen LogP contribution is -2.50. The van der Waals surface area contributed by atoms with Crippen LogP contribution in [0.1, 0.15) is 27.7 Å². The standard InChI is InChI=1S/C11H18F3N3O/c1-7(9(18)17-10(2,3)4)16-6-8(5-15)11(12,13)14/h7-8,16H,6H2,1-4H3,(H,17,18). The molecule has 0 aliphatic heterocycles. The first-order chi connectivity index (χ1) is 7.97. The average Bonchev–Trinajstić information content (AvgIpc) is 2.13. The fraction of sp³-hybridized carbons (Fsp3) is 0.818. The minimum atomic E-state index is -4.58. The first kappa shape index (κ1) is 16.7. The molecule has 104 valence electrons. The average molecular weight is 265 g/mol. The molecule has 0 heterocycles.